The standard InChI is InChI=1S/C44H52N2O18S6.5Na/c1-28(12-10-14-37-43(2,3)41-33(45(37)20-6-8-22-67(49,50)51)19-17-30-25-32(69(55,56)57)27-35(39(30)41)66-64-62-48)13-11-15-38-44(4,5)42-34(46(38)21-7-9-23-68(52,53)54)18-16-29-24-31(65-63-61-47)26-36(40(29)42)70(58,59)60;;;;;/h10-17,19,24-27,34H,6-9,18,20-23H2,1-5H3,(H5-,47,48,49,50,51,52,53,54,55,56,57,58,59,60);;;;;/q;5*+1/p-5. The van der Waals surface area contributed by atoms with Gasteiger partial charge in [-0.25, -0.2) is 38.2 Å². The molecule has 31 heteroatoms. The van der Waals surface area contributed by atoms with Crippen molar-refractivity contribution in [3.8, 4) is 0 Å². The molecule has 75 heavy (non-hydrogen) atoms. The molecule has 0 radical (unpaired) electrons. The third-order valence-corrected chi connectivity index (χ3v) is 16.7. The summed E-state index contributed by atoms with van der Waals surface area (Å²) in [5.41, 5.74) is 2.34. The minimum atomic E-state index is -5.09. The average Bonchev–Trinajstić information content (AvgIpc) is 3.61. The van der Waals surface area contributed by atoms with Gasteiger partial charge in [-0.05, 0) is 92.6 Å². The molecule has 1 aliphatic carbocycles. The molecule has 0 N–H and O–H groups in total. The first-order valence-electron chi connectivity index (χ1n) is 21.3. The van der Waals surface area contributed by atoms with Crippen molar-refractivity contribution < 1.29 is 234 Å². The van der Waals surface area contributed by atoms with E-state index in [4.69, 9.17) is 0 Å². The number of unbranched alkanes of at least 4 members (excludes halogenated alkanes) is 2. The van der Waals surface area contributed by atoms with Crippen molar-refractivity contribution in [3.63, 3.8) is 0 Å². The zero-order valence-electron chi connectivity index (χ0n) is 43.1. The van der Waals surface area contributed by atoms with E-state index in [1.165, 1.54) is 6.07 Å². The molecule has 0 aromatic heterocycles. The Kier molecular flexibility index (Phi) is 30.3. The quantitative estimate of drug-likeness (QED) is 0.0132. The number of hydrogen-bond acceptors (Lipinski definition) is 21. The number of fused-ring (bicyclic) bond motifs is 5. The van der Waals surface area contributed by atoms with Gasteiger partial charge in [0.1, 0.15) is 26.8 Å². The van der Waals surface area contributed by atoms with Gasteiger partial charge in [0.25, 0.3) is 0 Å². The summed E-state index contributed by atoms with van der Waals surface area (Å²) in [6, 6.07) is 7.85. The smallest absolute Gasteiger partial charge is 0.748 e. The first-order valence-corrected chi connectivity index (χ1v) is 28.8. The van der Waals surface area contributed by atoms with E-state index >= 15 is 0 Å². The maximum Gasteiger partial charge on any atom is 1.00 e. The number of hydrogen-bond donors (Lipinski definition) is 0. The molecule has 2 aliphatic heterocycles. The first-order chi connectivity index (χ1) is 32.6. The van der Waals surface area contributed by atoms with Crippen LogP contribution in [0.15, 0.2) is 104 Å². The van der Waals surface area contributed by atoms with Gasteiger partial charge in [0.15, 0.2) is 11.8 Å². The SMILES string of the molecule is CC(C=C/C=C1/N(CCCCS(=O)(=O)[O-])c2ccc3cc(S(=O)(=O)[O-])cc(SOO[O-])c3c2C1(C)C)=CC=CC1=[N+](CCCCS(=O)(=O)[O-])C2CC=c3cc(SOO[O-])cc(S(=O)(=O)[O-])c3=C2C1(C)C.[Na+].[Na+].[Na+].[Na+].[Na+]. The molecule has 3 aromatic rings. The van der Waals surface area contributed by atoms with Crippen molar-refractivity contribution in [2.45, 2.75) is 97.8 Å². The van der Waals surface area contributed by atoms with Crippen LogP contribution in [0.1, 0.15) is 72.3 Å². The van der Waals surface area contributed by atoms with Crippen LogP contribution in [-0.4, -0.2) is 92.8 Å². The van der Waals surface area contributed by atoms with E-state index in [9.17, 15) is 62.4 Å². The summed E-state index contributed by atoms with van der Waals surface area (Å²) >= 11 is 0.864. The largest absolute Gasteiger partial charge is 1.00 e. The van der Waals surface area contributed by atoms with E-state index in [1.54, 1.807) is 36.4 Å². The third kappa shape index (κ3) is 18.6. The van der Waals surface area contributed by atoms with Crippen molar-refractivity contribution in [2.24, 2.45) is 5.41 Å². The molecule has 0 amide bonds. The van der Waals surface area contributed by atoms with Crippen LogP contribution in [0.25, 0.3) is 22.4 Å². The predicted octanol–water partition coefficient (Wildman–Crippen LogP) is -12.3. The van der Waals surface area contributed by atoms with Crippen molar-refractivity contribution >= 4 is 98.4 Å². The summed E-state index contributed by atoms with van der Waals surface area (Å²) in [7, 11) is -19.0. The van der Waals surface area contributed by atoms with Crippen LogP contribution in [0.5, 0.6) is 0 Å². The molecule has 2 heterocycles. The number of benzene rings is 3. The molecule has 3 aliphatic rings. The fourth-order valence-corrected chi connectivity index (χ4v) is 13.1. The molecule has 382 valence electrons. The van der Waals surface area contributed by atoms with Gasteiger partial charge in [0.2, 0.25) is 0 Å². The Morgan fingerprint density at radius 3 is 1.97 bits per heavy atom. The maximum atomic E-state index is 12.8. The van der Waals surface area contributed by atoms with E-state index in [-0.39, 0.29) is 195 Å². The zero-order chi connectivity index (χ0) is 51.6. The second-order valence-electron chi connectivity index (χ2n) is 17.7. The van der Waals surface area contributed by atoms with Crippen molar-refractivity contribution in [3.05, 3.63) is 100 Å². The fourth-order valence-electron chi connectivity index (χ4n) is 9.53. The molecule has 0 saturated carbocycles. The molecular formula is C44H47N2Na5O18S6. The van der Waals surface area contributed by atoms with Crippen LogP contribution in [0, 0.1) is 5.41 Å². The molecule has 1 atom stereocenters. The van der Waals surface area contributed by atoms with Crippen LogP contribution in [0.2, 0.25) is 0 Å². The molecule has 0 bridgehead atoms. The third-order valence-electron chi connectivity index (χ3n) is 12.3. The topological polar surface area (TPSA) is 318 Å². The first kappa shape index (κ1) is 74.2. The van der Waals surface area contributed by atoms with Crippen molar-refractivity contribution in [2.75, 3.05) is 29.5 Å². The normalized spacial score (nSPS) is 17.7. The van der Waals surface area contributed by atoms with Crippen LogP contribution in [0.3, 0.4) is 0 Å². The molecule has 20 nitrogen and oxygen atoms in total. The number of nitrogens with zero attached hydrogens (tertiary/aromatic N) is 2. The van der Waals surface area contributed by atoms with E-state index in [2.05, 4.69) is 18.7 Å². The molecule has 3 aromatic carbocycles. The summed E-state index contributed by atoms with van der Waals surface area (Å²) < 4.78 is 154. The van der Waals surface area contributed by atoms with E-state index < -0.39 is 78.6 Å². The Balaban J connectivity index is 0.00000562. The van der Waals surface area contributed by atoms with Gasteiger partial charge in [-0.2, -0.15) is 8.67 Å². The van der Waals surface area contributed by atoms with Crippen LogP contribution in [-0.2, 0) is 64.6 Å². The minimum absolute atomic E-state index is 0. The molecule has 0 spiro atoms. The van der Waals surface area contributed by atoms with Crippen LogP contribution in [0.4, 0.5) is 5.69 Å². The summed E-state index contributed by atoms with van der Waals surface area (Å²) in [5, 5.41) is 29.9. The van der Waals surface area contributed by atoms with Gasteiger partial charge in [0.05, 0.1) is 59.5 Å². The van der Waals surface area contributed by atoms with E-state index in [1.807, 2.05) is 68.4 Å². The fraction of sp³-hybridized carbons (Fsp3) is 0.386. The minimum Gasteiger partial charge on any atom is -0.748 e. The Hall–Kier alpha value is 1.19. The Morgan fingerprint density at radius 2 is 1.39 bits per heavy atom. The zero-order valence-corrected chi connectivity index (χ0v) is 58.0. The number of allylic oxidation sites excluding steroid dienone is 8. The summed E-state index contributed by atoms with van der Waals surface area (Å²) in [6.45, 7) is 9.93. The second kappa shape index (κ2) is 30.7. The van der Waals surface area contributed by atoms with Crippen LogP contribution >= 0.6 is 24.1 Å². The molecule has 0 fully saturated rings. The number of rotatable bonds is 22. The van der Waals surface area contributed by atoms with E-state index in [0.717, 1.165) is 17.7 Å². The Bertz CT molecular complexity index is 3330. The molecular weight excluding hydrogens is 1150 g/mol. The summed E-state index contributed by atoms with van der Waals surface area (Å²) in [4.78, 5) is 1.10. The predicted molar refractivity (Wildman–Crippen MR) is 250 cm³/mol. The second-order valence-corrected chi connectivity index (χ2v) is 25.0. The number of anilines is 1. The van der Waals surface area contributed by atoms with Gasteiger partial charge < -0.3 is 33.6 Å². The summed E-state index contributed by atoms with van der Waals surface area (Å²) in [5.74, 6) is -1.15. The Labute approximate surface area is 556 Å². The van der Waals surface area contributed by atoms with E-state index in [0.29, 0.717) is 81.2 Å². The molecule has 1 unspecified atom stereocenters. The maximum absolute atomic E-state index is 12.8. The van der Waals surface area contributed by atoms with Gasteiger partial charge >= 0.3 is 148 Å². The van der Waals surface area contributed by atoms with Gasteiger partial charge in [0, 0.05) is 79.7 Å². The van der Waals surface area contributed by atoms with Gasteiger partial charge in [-0.1, -0.05) is 55.9 Å². The van der Waals surface area contributed by atoms with Crippen molar-refractivity contribution in [1.29, 1.82) is 0 Å². The molecule has 0 saturated heterocycles. The van der Waals surface area contributed by atoms with Gasteiger partial charge in [-0.3, -0.25) is 10.1 Å². The van der Waals surface area contributed by atoms with Crippen molar-refractivity contribution in [1.82, 2.24) is 0 Å². The van der Waals surface area contributed by atoms with Gasteiger partial charge in [-0.15, -0.1) is 0 Å². The molecule has 6 rings (SSSR count). The Morgan fingerprint density at radius 1 is 0.773 bits per heavy atom. The monoisotopic (exact) mass is 1200 g/mol. The van der Waals surface area contributed by atoms with Crippen LogP contribution < -0.4 is 174 Å². The summed E-state index contributed by atoms with van der Waals surface area (Å²) in [6.07, 6.45) is 13.7. The average molecular weight is 1200 g/mol.